The highest BCUT2D eigenvalue weighted by Gasteiger charge is 2.58. The van der Waals surface area contributed by atoms with E-state index in [4.69, 9.17) is 4.74 Å². The number of aryl methyl sites for hydroxylation is 1. The van der Waals surface area contributed by atoms with Crippen LogP contribution in [0.5, 0.6) is 0 Å². The number of pyridine rings is 1. The number of imide groups is 1. The molecular formula is C27H25F3N4O6S. The van der Waals surface area contributed by atoms with Crippen molar-refractivity contribution in [2.75, 3.05) is 13.1 Å². The average Bonchev–Trinajstić information content (AvgIpc) is 3.51. The summed E-state index contributed by atoms with van der Waals surface area (Å²) in [6, 6.07) is 9.86. The Morgan fingerprint density at radius 2 is 1.88 bits per heavy atom. The molecule has 216 valence electrons. The van der Waals surface area contributed by atoms with E-state index in [1.54, 1.807) is 4.90 Å². The molecule has 2 aliphatic rings. The zero-order chi connectivity index (χ0) is 29.5. The van der Waals surface area contributed by atoms with Gasteiger partial charge in [-0.15, -0.1) is 16.4 Å². The lowest BCUT2D eigenvalue weighted by atomic mass is 9.95. The summed E-state index contributed by atoms with van der Waals surface area (Å²) in [4.78, 5) is 60.4. The van der Waals surface area contributed by atoms with Gasteiger partial charge in [-0.1, -0.05) is 18.2 Å². The number of benzene rings is 1. The van der Waals surface area contributed by atoms with Gasteiger partial charge in [-0.2, -0.15) is 13.2 Å². The van der Waals surface area contributed by atoms with Crippen molar-refractivity contribution in [2.45, 2.75) is 51.1 Å². The van der Waals surface area contributed by atoms with Gasteiger partial charge >= 0.3 is 18.2 Å². The molecule has 0 saturated carbocycles. The Morgan fingerprint density at radius 3 is 2.59 bits per heavy atom. The number of carbonyl (C=O) groups is 4. The van der Waals surface area contributed by atoms with Crippen molar-refractivity contribution in [1.29, 1.82) is 0 Å². The monoisotopic (exact) mass is 590 g/mol. The smallest absolute Gasteiger partial charge is 0.373 e. The molecule has 0 radical (unpaired) electrons. The van der Waals surface area contributed by atoms with Crippen molar-refractivity contribution in [3.8, 4) is 0 Å². The summed E-state index contributed by atoms with van der Waals surface area (Å²) in [6.07, 6.45) is -4.44. The first-order valence-corrected chi connectivity index (χ1v) is 13.6. The van der Waals surface area contributed by atoms with E-state index in [-0.39, 0.29) is 21.6 Å². The molecule has 2 aliphatic heterocycles. The number of para-hydroxylation sites is 1. The zero-order valence-electron chi connectivity index (χ0n) is 22.0. The van der Waals surface area contributed by atoms with Crippen LogP contribution in [0, 0.1) is 6.92 Å². The number of fused-ring (bicyclic) bond motifs is 1. The third-order valence-electron chi connectivity index (χ3n) is 7.13. The molecule has 0 aliphatic carbocycles. The van der Waals surface area contributed by atoms with E-state index in [0.29, 0.717) is 32.5 Å². The number of aromatic nitrogens is 1. The second-order valence-corrected chi connectivity index (χ2v) is 10.8. The van der Waals surface area contributed by atoms with Crippen LogP contribution in [-0.4, -0.2) is 64.1 Å². The quantitative estimate of drug-likeness (QED) is 0.428. The summed E-state index contributed by atoms with van der Waals surface area (Å²) < 4.78 is 44.7. The number of ether oxygens (including phenoxy) is 1. The van der Waals surface area contributed by atoms with Gasteiger partial charge in [-0.05, 0) is 55.8 Å². The van der Waals surface area contributed by atoms with Crippen molar-refractivity contribution in [3.05, 3.63) is 63.5 Å². The number of alkyl halides is 3. The first-order chi connectivity index (χ1) is 19.4. The Labute approximate surface area is 236 Å². The molecule has 1 aromatic carbocycles. The topological polar surface area (TPSA) is 118 Å². The van der Waals surface area contributed by atoms with Gasteiger partial charge < -0.3 is 14.5 Å². The zero-order valence-corrected chi connectivity index (χ0v) is 22.8. The van der Waals surface area contributed by atoms with E-state index < -0.39 is 35.5 Å². The van der Waals surface area contributed by atoms with Crippen LogP contribution < -0.4 is 5.32 Å². The fraction of sp³-hybridized carbons (Fsp3) is 0.370. The molecular weight excluding hydrogens is 565 g/mol. The number of halogens is 3. The van der Waals surface area contributed by atoms with Gasteiger partial charge in [0.15, 0.2) is 5.54 Å². The van der Waals surface area contributed by atoms with Crippen LogP contribution in [0.4, 0.5) is 18.0 Å². The van der Waals surface area contributed by atoms with Gasteiger partial charge in [-0.3, -0.25) is 19.9 Å². The standard InChI is InChI=1S/C27H25F3N4O6S/c1-15-13-16(18-5-3-4-6-20(18)31-15)14-39-17-7-10-33(11-8-17)22(35)19-9-12-41-21(19)26(2)23(36)32-25(38)34(26)40-24(37)27(28,29)30/h3-6,9,12-13,17H,7-8,10-11,14H2,1-2H3,(H,32,36,38). The summed E-state index contributed by atoms with van der Waals surface area (Å²) in [5, 5.41) is 4.39. The maximum absolute atomic E-state index is 13.5. The summed E-state index contributed by atoms with van der Waals surface area (Å²) in [5.74, 6) is -4.17. The number of nitrogens with one attached hydrogen (secondary N) is 1. The Hall–Kier alpha value is -4.04. The molecule has 0 bridgehead atoms. The molecule has 1 unspecified atom stereocenters. The number of hydroxylamine groups is 2. The number of hydrogen-bond acceptors (Lipinski definition) is 8. The highest BCUT2D eigenvalue weighted by Crippen LogP contribution is 2.40. The van der Waals surface area contributed by atoms with Crippen LogP contribution in [-0.2, 0) is 31.3 Å². The number of hydrogen-bond donors (Lipinski definition) is 1. The Morgan fingerprint density at radius 1 is 1.17 bits per heavy atom. The van der Waals surface area contributed by atoms with E-state index >= 15 is 0 Å². The van der Waals surface area contributed by atoms with E-state index in [0.717, 1.165) is 40.4 Å². The lowest BCUT2D eigenvalue weighted by molar-refractivity contribution is -0.237. The van der Waals surface area contributed by atoms with E-state index in [2.05, 4.69) is 9.82 Å². The summed E-state index contributed by atoms with van der Waals surface area (Å²) >= 11 is 0.886. The molecule has 41 heavy (non-hydrogen) atoms. The minimum atomic E-state index is -5.41. The van der Waals surface area contributed by atoms with Gasteiger partial charge in [0.25, 0.3) is 11.8 Å². The van der Waals surface area contributed by atoms with Crippen molar-refractivity contribution >= 4 is 46.1 Å². The maximum atomic E-state index is 13.5. The number of piperidine rings is 1. The third-order valence-corrected chi connectivity index (χ3v) is 8.26. The normalized spacial score (nSPS) is 20.0. The minimum Gasteiger partial charge on any atom is -0.373 e. The minimum absolute atomic E-state index is 0.0218. The Kier molecular flexibility index (Phi) is 7.46. The summed E-state index contributed by atoms with van der Waals surface area (Å²) in [6.45, 7) is 4.09. The van der Waals surface area contributed by atoms with Crippen molar-refractivity contribution in [3.63, 3.8) is 0 Å². The van der Waals surface area contributed by atoms with Gasteiger partial charge in [0.1, 0.15) is 0 Å². The number of thiophene rings is 1. The number of amides is 4. The third kappa shape index (κ3) is 5.36. The Bertz CT molecular complexity index is 1530. The van der Waals surface area contributed by atoms with Gasteiger partial charge in [0.05, 0.1) is 28.7 Å². The molecule has 1 N–H and O–H groups in total. The number of urea groups is 1. The fourth-order valence-electron chi connectivity index (χ4n) is 5.00. The molecule has 10 nitrogen and oxygen atoms in total. The summed E-state index contributed by atoms with van der Waals surface area (Å²) in [5.41, 5.74) is 0.629. The number of carbonyl (C=O) groups excluding carboxylic acids is 4. The molecule has 2 saturated heterocycles. The average molecular weight is 591 g/mol. The van der Waals surface area contributed by atoms with Crippen LogP contribution in [0.15, 0.2) is 41.8 Å². The van der Waals surface area contributed by atoms with Gasteiger partial charge in [0, 0.05) is 24.2 Å². The maximum Gasteiger partial charge on any atom is 0.493 e. The lowest BCUT2D eigenvalue weighted by Crippen LogP contribution is -2.48. The van der Waals surface area contributed by atoms with Gasteiger partial charge in [0.2, 0.25) is 0 Å². The second kappa shape index (κ2) is 10.7. The first-order valence-electron chi connectivity index (χ1n) is 12.7. The van der Waals surface area contributed by atoms with Crippen molar-refractivity contribution in [1.82, 2.24) is 20.3 Å². The predicted octanol–water partition coefficient (Wildman–Crippen LogP) is 4.21. The number of nitrogens with zero attached hydrogens (tertiary/aromatic N) is 3. The molecule has 2 aromatic heterocycles. The first kappa shape index (κ1) is 28.5. The highest BCUT2D eigenvalue weighted by molar-refractivity contribution is 7.10. The highest BCUT2D eigenvalue weighted by atomic mass is 32.1. The van der Waals surface area contributed by atoms with Crippen molar-refractivity contribution < 1.29 is 41.9 Å². The Balaban J connectivity index is 1.27. The van der Waals surface area contributed by atoms with E-state index in [1.807, 2.05) is 42.6 Å². The summed E-state index contributed by atoms with van der Waals surface area (Å²) in [7, 11) is 0. The molecule has 1 atom stereocenters. The molecule has 2 fully saturated rings. The van der Waals surface area contributed by atoms with Crippen LogP contribution in [0.3, 0.4) is 0 Å². The molecule has 14 heteroatoms. The lowest BCUT2D eigenvalue weighted by Gasteiger charge is -2.33. The van der Waals surface area contributed by atoms with Crippen LogP contribution >= 0.6 is 11.3 Å². The SMILES string of the molecule is Cc1cc(COC2CCN(C(=O)c3ccsc3C3(C)C(=O)NC(=O)N3OC(=O)C(F)(F)F)CC2)c2ccccc2n1. The number of likely N-dealkylation sites (tertiary alicyclic amines) is 1. The van der Waals surface area contributed by atoms with Crippen LogP contribution in [0.25, 0.3) is 10.9 Å². The molecule has 4 heterocycles. The fourth-order valence-corrected chi connectivity index (χ4v) is 6.03. The number of rotatable bonds is 6. The molecule has 0 spiro atoms. The largest absolute Gasteiger partial charge is 0.493 e. The van der Waals surface area contributed by atoms with Crippen LogP contribution in [0.1, 0.15) is 46.3 Å². The van der Waals surface area contributed by atoms with Gasteiger partial charge in [-0.25, -0.2) is 9.59 Å². The second-order valence-electron chi connectivity index (χ2n) is 9.91. The van der Waals surface area contributed by atoms with E-state index in [1.165, 1.54) is 11.4 Å². The van der Waals surface area contributed by atoms with E-state index in [9.17, 15) is 32.3 Å². The predicted molar refractivity (Wildman–Crippen MR) is 139 cm³/mol. The molecule has 3 aromatic rings. The van der Waals surface area contributed by atoms with Crippen LogP contribution in [0.2, 0.25) is 0 Å². The molecule has 5 rings (SSSR count). The molecule has 4 amide bonds. The van der Waals surface area contributed by atoms with Crippen molar-refractivity contribution in [2.24, 2.45) is 0 Å².